The molecule has 0 rings (SSSR count). The summed E-state index contributed by atoms with van der Waals surface area (Å²) in [4.78, 5) is 17.5. The molecular formula is C5H14NO3PS. The quantitative estimate of drug-likeness (QED) is 0.385. The third kappa shape index (κ3) is 3.58. The molecule has 0 aromatic rings. The average Bonchev–Trinajstić information content (AvgIpc) is 1.86. The molecule has 0 aliphatic heterocycles. The van der Waals surface area contributed by atoms with E-state index in [2.05, 4.69) is 12.6 Å². The van der Waals surface area contributed by atoms with Gasteiger partial charge in [-0.25, -0.2) is 0 Å². The smallest absolute Gasteiger partial charge is 0.330 e. The molecule has 0 amide bonds. The lowest BCUT2D eigenvalue weighted by Gasteiger charge is -2.21. The van der Waals surface area contributed by atoms with Crippen molar-refractivity contribution in [1.29, 1.82) is 0 Å². The summed E-state index contributed by atoms with van der Waals surface area (Å²) in [6, 6.07) is 0. The summed E-state index contributed by atoms with van der Waals surface area (Å²) in [5.74, 6) is 0. The van der Waals surface area contributed by atoms with Gasteiger partial charge in [0.05, 0.1) is 5.66 Å². The first kappa shape index (κ1) is 11.5. The maximum atomic E-state index is 10.7. The van der Waals surface area contributed by atoms with E-state index in [1.54, 1.807) is 0 Å². The lowest BCUT2D eigenvalue weighted by Crippen LogP contribution is -2.29. The Labute approximate surface area is 71.7 Å². The molecule has 0 fully saturated rings. The lowest BCUT2D eigenvalue weighted by molar-refractivity contribution is 0.356. The second-order valence-corrected chi connectivity index (χ2v) is 4.87. The summed E-state index contributed by atoms with van der Waals surface area (Å²) in [6.07, 6.45) is 0.607. The van der Waals surface area contributed by atoms with Crippen LogP contribution in [0.25, 0.3) is 0 Å². The average molecular weight is 199 g/mol. The second kappa shape index (κ2) is 4.48. The molecule has 2 atom stereocenters. The van der Waals surface area contributed by atoms with E-state index in [0.717, 1.165) is 0 Å². The first-order valence-electron chi connectivity index (χ1n) is 3.36. The SMILES string of the molecule is CCC(S)C(CN)P(=O)(O)O. The van der Waals surface area contributed by atoms with Crippen LogP contribution in [0.3, 0.4) is 0 Å². The van der Waals surface area contributed by atoms with Crippen LogP contribution in [-0.2, 0) is 4.57 Å². The Kier molecular flexibility index (Phi) is 4.66. The summed E-state index contributed by atoms with van der Waals surface area (Å²) < 4.78 is 10.7. The molecule has 0 aromatic heterocycles. The number of nitrogens with two attached hydrogens (primary N) is 1. The summed E-state index contributed by atoms with van der Waals surface area (Å²) >= 11 is 4.03. The third-order valence-electron chi connectivity index (χ3n) is 1.54. The zero-order valence-corrected chi connectivity index (χ0v) is 8.13. The molecule has 0 aliphatic carbocycles. The molecule has 0 bridgehead atoms. The highest BCUT2D eigenvalue weighted by atomic mass is 32.1. The molecule has 4 nitrogen and oxygen atoms in total. The second-order valence-electron chi connectivity index (χ2n) is 2.37. The summed E-state index contributed by atoms with van der Waals surface area (Å²) in [5.41, 5.74) is 4.38. The molecule has 11 heavy (non-hydrogen) atoms. The Morgan fingerprint density at radius 3 is 2.18 bits per heavy atom. The minimum absolute atomic E-state index is 0.0215. The molecule has 0 saturated carbocycles. The molecule has 0 spiro atoms. The highest BCUT2D eigenvalue weighted by Crippen LogP contribution is 2.44. The Hall–Kier alpha value is 0.460. The Morgan fingerprint density at radius 1 is 1.64 bits per heavy atom. The summed E-state index contributed by atoms with van der Waals surface area (Å²) in [5, 5.41) is -0.319. The standard InChI is InChI=1S/C5H14NO3PS/c1-2-5(11)4(3-6)10(7,8)9/h4-5,11H,2-3,6H2,1H3,(H2,7,8,9). The third-order valence-corrected chi connectivity index (χ3v) is 3.93. The van der Waals surface area contributed by atoms with Crippen molar-refractivity contribution in [1.82, 2.24) is 0 Å². The molecule has 4 N–H and O–H groups in total. The molecular weight excluding hydrogens is 185 g/mol. The highest BCUT2D eigenvalue weighted by molar-refractivity contribution is 7.81. The lowest BCUT2D eigenvalue weighted by atomic mass is 10.2. The van der Waals surface area contributed by atoms with E-state index in [9.17, 15) is 4.57 Å². The number of hydrogen-bond acceptors (Lipinski definition) is 3. The van der Waals surface area contributed by atoms with Crippen molar-refractivity contribution in [2.75, 3.05) is 6.54 Å². The molecule has 0 saturated heterocycles. The van der Waals surface area contributed by atoms with Crippen molar-refractivity contribution in [2.45, 2.75) is 24.3 Å². The Bertz CT molecular complexity index is 160. The molecule has 2 unspecified atom stereocenters. The molecule has 0 radical (unpaired) electrons. The topological polar surface area (TPSA) is 83.6 Å². The highest BCUT2D eigenvalue weighted by Gasteiger charge is 2.31. The van der Waals surface area contributed by atoms with Gasteiger partial charge in [0, 0.05) is 11.8 Å². The molecule has 0 aliphatic rings. The minimum atomic E-state index is -4.05. The first-order valence-corrected chi connectivity index (χ1v) is 5.56. The fraction of sp³-hybridized carbons (Fsp3) is 1.00. The van der Waals surface area contributed by atoms with Crippen LogP contribution in [0.4, 0.5) is 0 Å². The van der Waals surface area contributed by atoms with E-state index < -0.39 is 13.3 Å². The van der Waals surface area contributed by atoms with Gasteiger partial charge in [0.2, 0.25) is 0 Å². The summed E-state index contributed by atoms with van der Waals surface area (Å²) in [7, 11) is -4.05. The van der Waals surface area contributed by atoms with Gasteiger partial charge in [0.15, 0.2) is 0 Å². The van der Waals surface area contributed by atoms with Gasteiger partial charge in [-0.2, -0.15) is 12.6 Å². The number of hydrogen-bond donors (Lipinski definition) is 4. The van der Waals surface area contributed by atoms with Gasteiger partial charge in [-0.05, 0) is 6.42 Å². The fourth-order valence-electron chi connectivity index (χ4n) is 0.791. The van der Waals surface area contributed by atoms with Crippen LogP contribution in [0.15, 0.2) is 0 Å². The van der Waals surface area contributed by atoms with Crippen molar-refractivity contribution in [3.05, 3.63) is 0 Å². The van der Waals surface area contributed by atoms with E-state index in [0.29, 0.717) is 6.42 Å². The van der Waals surface area contributed by atoms with Crippen LogP contribution in [0, 0.1) is 0 Å². The fourth-order valence-corrected chi connectivity index (χ4v) is 2.37. The first-order chi connectivity index (χ1) is 4.93. The van der Waals surface area contributed by atoms with Crippen LogP contribution in [0.5, 0.6) is 0 Å². The van der Waals surface area contributed by atoms with Gasteiger partial charge >= 0.3 is 7.60 Å². The maximum Gasteiger partial charge on any atom is 0.330 e. The number of rotatable bonds is 4. The predicted molar refractivity (Wildman–Crippen MR) is 48.0 cm³/mol. The van der Waals surface area contributed by atoms with Gasteiger partial charge in [-0.3, -0.25) is 4.57 Å². The van der Waals surface area contributed by atoms with Gasteiger partial charge in [-0.15, -0.1) is 0 Å². The normalized spacial score (nSPS) is 17.9. The van der Waals surface area contributed by atoms with Crippen LogP contribution in [0.1, 0.15) is 13.3 Å². The van der Waals surface area contributed by atoms with E-state index in [4.69, 9.17) is 15.5 Å². The van der Waals surface area contributed by atoms with Crippen molar-refractivity contribution in [3.63, 3.8) is 0 Å². The van der Waals surface area contributed by atoms with Gasteiger partial charge < -0.3 is 15.5 Å². The summed E-state index contributed by atoms with van der Waals surface area (Å²) in [6.45, 7) is 1.79. The van der Waals surface area contributed by atoms with Crippen molar-refractivity contribution < 1.29 is 14.4 Å². The van der Waals surface area contributed by atoms with Crippen molar-refractivity contribution in [2.24, 2.45) is 5.73 Å². The van der Waals surface area contributed by atoms with Gasteiger partial charge in [0.1, 0.15) is 0 Å². The van der Waals surface area contributed by atoms with Crippen LogP contribution < -0.4 is 5.73 Å². The monoisotopic (exact) mass is 199 g/mol. The molecule has 0 aromatic carbocycles. The van der Waals surface area contributed by atoms with Crippen molar-refractivity contribution >= 4 is 20.2 Å². The molecule has 0 heterocycles. The van der Waals surface area contributed by atoms with Crippen LogP contribution in [0.2, 0.25) is 0 Å². The van der Waals surface area contributed by atoms with Crippen LogP contribution >= 0.6 is 20.2 Å². The van der Waals surface area contributed by atoms with Crippen LogP contribution in [-0.4, -0.2) is 27.2 Å². The Morgan fingerprint density at radius 2 is 2.09 bits per heavy atom. The van der Waals surface area contributed by atoms with E-state index in [1.165, 1.54) is 0 Å². The number of thiol groups is 1. The Balaban J connectivity index is 4.29. The van der Waals surface area contributed by atoms with Crippen molar-refractivity contribution in [3.8, 4) is 0 Å². The molecule has 6 heteroatoms. The maximum absolute atomic E-state index is 10.7. The zero-order valence-electron chi connectivity index (χ0n) is 6.34. The predicted octanol–water partition coefficient (Wildman–Crippen LogP) is 0.200. The van der Waals surface area contributed by atoms with E-state index in [-0.39, 0.29) is 11.8 Å². The largest absolute Gasteiger partial charge is 0.330 e. The van der Waals surface area contributed by atoms with Gasteiger partial charge in [-0.1, -0.05) is 6.92 Å². The van der Waals surface area contributed by atoms with E-state index >= 15 is 0 Å². The zero-order chi connectivity index (χ0) is 9.07. The molecule has 68 valence electrons. The minimum Gasteiger partial charge on any atom is -0.330 e. The van der Waals surface area contributed by atoms with E-state index in [1.807, 2.05) is 6.92 Å². The van der Waals surface area contributed by atoms with Gasteiger partial charge in [0.25, 0.3) is 0 Å².